The minimum atomic E-state index is 0.792. The predicted molar refractivity (Wildman–Crippen MR) is 51.2 cm³/mol. The van der Waals surface area contributed by atoms with E-state index in [0.717, 1.165) is 21.1 Å². The van der Waals surface area contributed by atoms with Gasteiger partial charge in [0.05, 0.1) is 0 Å². The van der Waals surface area contributed by atoms with Crippen molar-refractivity contribution >= 4 is 37.5 Å². The third kappa shape index (κ3) is 1.52. The highest BCUT2D eigenvalue weighted by atomic mass is 79.9. The minimum Gasteiger partial charge on any atom is -0.398 e. The molecule has 0 aromatic heterocycles. The van der Waals surface area contributed by atoms with Gasteiger partial charge in [-0.25, -0.2) is 0 Å². The standard InChI is InChI=1S/C7H7Br2N/c8-4-5-6(9)2-1-3-7(5)10/h1-3H,4,10H2. The van der Waals surface area contributed by atoms with Gasteiger partial charge in [0.1, 0.15) is 0 Å². The first-order chi connectivity index (χ1) is 4.75. The van der Waals surface area contributed by atoms with Crippen LogP contribution in [0.4, 0.5) is 5.69 Å². The van der Waals surface area contributed by atoms with E-state index in [0.29, 0.717) is 0 Å². The monoisotopic (exact) mass is 263 g/mol. The van der Waals surface area contributed by atoms with E-state index in [2.05, 4.69) is 31.9 Å². The molecule has 0 atom stereocenters. The fraction of sp³-hybridized carbons (Fsp3) is 0.143. The molecule has 0 heterocycles. The normalized spacial score (nSPS) is 9.80. The molecule has 54 valence electrons. The van der Waals surface area contributed by atoms with Crippen LogP contribution in [0.15, 0.2) is 22.7 Å². The van der Waals surface area contributed by atoms with Gasteiger partial charge in [-0.1, -0.05) is 37.9 Å². The van der Waals surface area contributed by atoms with Crippen LogP contribution in [-0.2, 0) is 5.33 Å². The Kier molecular flexibility index (Phi) is 2.74. The Hall–Kier alpha value is -0.0200. The Balaban J connectivity index is 3.17. The second kappa shape index (κ2) is 3.39. The van der Waals surface area contributed by atoms with Crippen molar-refractivity contribution in [3.63, 3.8) is 0 Å². The summed E-state index contributed by atoms with van der Waals surface area (Å²) in [5.41, 5.74) is 7.61. The minimum absolute atomic E-state index is 0.792. The van der Waals surface area contributed by atoms with Gasteiger partial charge in [-0.2, -0.15) is 0 Å². The highest BCUT2D eigenvalue weighted by molar-refractivity contribution is 9.10. The van der Waals surface area contributed by atoms with Crippen LogP contribution in [0, 0.1) is 0 Å². The smallest absolute Gasteiger partial charge is 0.0366 e. The summed E-state index contributed by atoms with van der Waals surface area (Å²) < 4.78 is 1.06. The van der Waals surface area contributed by atoms with Crippen LogP contribution in [0.25, 0.3) is 0 Å². The fourth-order valence-corrected chi connectivity index (χ4v) is 2.24. The number of halogens is 2. The van der Waals surface area contributed by atoms with Gasteiger partial charge in [0.25, 0.3) is 0 Å². The Morgan fingerprint density at radius 3 is 2.50 bits per heavy atom. The topological polar surface area (TPSA) is 26.0 Å². The summed E-state index contributed by atoms with van der Waals surface area (Å²) in [6.45, 7) is 0. The number of nitrogen functional groups attached to an aromatic ring is 1. The van der Waals surface area contributed by atoms with Crippen molar-refractivity contribution in [1.82, 2.24) is 0 Å². The molecule has 0 aliphatic rings. The number of alkyl halides is 1. The molecular weight excluding hydrogens is 258 g/mol. The predicted octanol–water partition coefficient (Wildman–Crippen LogP) is 2.93. The van der Waals surface area contributed by atoms with Crippen LogP contribution >= 0.6 is 31.9 Å². The number of nitrogens with two attached hydrogens (primary N) is 1. The molecule has 1 nitrogen and oxygen atoms in total. The lowest BCUT2D eigenvalue weighted by Crippen LogP contribution is -1.91. The Bertz CT molecular complexity index is 215. The van der Waals surface area contributed by atoms with E-state index in [9.17, 15) is 0 Å². The van der Waals surface area contributed by atoms with E-state index >= 15 is 0 Å². The summed E-state index contributed by atoms with van der Waals surface area (Å²) in [7, 11) is 0. The van der Waals surface area contributed by atoms with E-state index in [1.807, 2.05) is 18.2 Å². The maximum atomic E-state index is 5.67. The van der Waals surface area contributed by atoms with E-state index in [4.69, 9.17) is 5.73 Å². The first kappa shape index (κ1) is 8.08. The Labute approximate surface area is 76.9 Å². The van der Waals surface area contributed by atoms with E-state index in [1.165, 1.54) is 0 Å². The number of anilines is 1. The molecule has 0 saturated carbocycles. The molecule has 1 aromatic rings. The lowest BCUT2D eigenvalue weighted by Gasteiger charge is -2.02. The zero-order valence-corrected chi connectivity index (χ0v) is 8.44. The van der Waals surface area contributed by atoms with E-state index in [-0.39, 0.29) is 0 Å². The summed E-state index contributed by atoms with van der Waals surface area (Å²) in [5, 5.41) is 0.792. The largest absolute Gasteiger partial charge is 0.398 e. The molecule has 0 aliphatic carbocycles. The Morgan fingerprint density at radius 2 is 2.10 bits per heavy atom. The number of rotatable bonds is 1. The van der Waals surface area contributed by atoms with Crippen molar-refractivity contribution in [2.45, 2.75) is 5.33 Å². The third-order valence-corrected chi connectivity index (χ3v) is 2.59. The lowest BCUT2D eigenvalue weighted by molar-refractivity contribution is 1.40. The van der Waals surface area contributed by atoms with Gasteiger partial charge in [0.15, 0.2) is 0 Å². The molecule has 0 bridgehead atoms. The maximum absolute atomic E-state index is 5.67. The fourth-order valence-electron chi connectivity index (χ4n) is 0.716. The highest BCUT2D eigenvalue weighted by Gasteiger charge is 1.99. The molecule has 1 rings (SSSR count). The molecule has 10 heavy (non-hydrogen) atoms. The van der Waals surface area contributed by atoms with Crippen LogP contribution in [0.2, 0.25) is 0 Å². The van der Waals surface area contributed by atoms with Gasteiger partial charge in [-0.3, -0.25) is 0 Å². The van der Waals surface area contributed by atoms with Crippen molar-refractivity contribution in [3.05, 3.63) is 28.2 Å². The zero-order valence-electron chi connectivity index (χ0n) is 5.27. The molecular formula is C7H7Br2N. The van der Waals surface area contributed by atoms with Gasteiger partial charge in [-0.15, -0.1) is 0 Å². The summed E-state index contributed by atoms with van der Waals surface area (Å²) >= 11 is 6.75. The highest BCUT2D eigenvalue weighted by Crippen LogP contribution is 2.24. The average Bonchev–Trinajstić information content (AvgIpc) is 1.88. The summed E-state index contributed by atoms with van der Waals surface area (Å²) in [6, 6.07) is 5.79. The molecule has 3 heteroatoms. The lowest BCUT2D eigenvalue weighted by atomic mass is 10.2. The van der Waals surface area contributed by atoms with Gasteiger partial charge in [-0.05, 0) is 17.7 Å². The van der Waals surface area contributed by atoms with Gasteiger partial charge in [0.2, 0.25) is 0 Å². The number of hydrogen-bond donors (Lipinski definition) is 1. The molecule has 0 radical (unpaired) electrons. The van der Waals surface area contributed by atoms with Gasteiger partial charge in [0, 0.05) is 15.5 Å². The molecule has 0 spiro atoms. The molecule has 0 saturated heterocycles. The van der Waals surface area contributed by atoms with Crippen LogP contribution < -0.4 is 5.73 Å². The summed E-state index contributed by atoms with van der Waals surface area (Å²) in [4.78, 5) is 0. The van der Waals surface area contributed by atoms with Crippen molar-refractivity contribution in [2.24, 2.45) is 0 Å². The van der Waals surface area contributed by atoms with Crippen LogP contribution in [-0.4, -0.2) is 0 Å². The van der Waals surface area contributed by atoms with Crippen molar-refractivity contribution in [1.29, 1.82) is 0 Å². The van der Waals surface area contributed by atoms with Gasteiger partial charge < -0.3 is 5.73 Å². The third-order valence-electron chi connectivity index (χ3n) is 1.29. The quantitative estimate of drug-likeness (QED) is 0.613. The zero-order chi connectivity index (χ0) is 7.56. The second-order valence-electron chi connectivity index (χ2n) is 1.94. The molecule has 2 N–H and O–H groups in total. The van der Waals surface area contributed by atoms with E-state index < -0.39 is 0 Å². The first-order valence-corrected chi connectivity index (χ1v) is 4.76. The maximum Gasteiger partial charge on any atom is 0.0366 e. The first-order valence-electron chi connectivity index (χ1n) is 2.84. The number of hydrogen-bond acceptors (Lipinski definition) is 1. The molecule has 0 unspecified atom stereocenters. The molecule has 0 aliphatic heterocycles. The second-order valence-corrected chi connectivity index (χ2v) is 3.36. The van der Waals surface area contributed by atoms with Crippen LogP contribution in [0.5, 0.6) is 0 Å². The van der Waals surface area contributed by atoms with Crippen LogP contribution in [0.3, 0.4) is 0 Å². The summed E-state index contributed by atoms with van der Waals surface area (Å²) in [5.74, 6) is 0. The van der Waals surface area contributed by atoms with Gasteiger partial charge >= 0.3 is 0 Å². The van der Waals surface area contributed by atoms with Crippen LogP contribution in [0.1, 0.15) is 5.56 Å². The molecule has 0 amide bonds. The van der Waals surface area contributed by atoms with Crippen molar-refractivity contribution < 1.29 is 0 Å². The number of benzene rings is 1. The average molecular weight is 265 g/mol. The van der Waals surface area contributed by atoms with E-state index in [1.54, 1.807) is 0 Å². The molecule has 1 aromatic carbocycles. The summed E-state index contributed by atoms with van der Waals surface area (Å²) in [6.07, 6.45) is 0. The Morgan fingerprint density at radius 1 is 1.40 bits per heavy atom. The molecule has 0 fully saturated rings. The van der Waals surface area contributed by atoms with Crippen molar-refractivity contribution in [3.8, 4) is 0 Å². The van der Waals surface area contributed by atoms with Crippen molar-refractivity contribution in [2.75, 3.05) is 5.73 Å². The SMILES string of the molecule is Nc1cccc(Br)c1CBr.